The summed E-state index contributed by atoms with van der Waals surface area (Å²) in [5, 5.41) is 13.6. The number of amides is 1. The summed E-state index contributed by atoms with van der Waals surface area (Å²) in [7, 11) is 0. The number of carbonyl (C=O) groups is 1. The largest absolute Gasteiger partial charge is 0.507 e. The lowest BCUT2D eigenvalue weighted by Crippen LogP contribution is -2.26. The molecule has 2 aromatic carbocycles. The van der Waals surface area contributed by atoms with Gasteiger partial charge in [-0.25, -0.2) is 14.2 Å². The summed E-state index contributed by atoms with van der Waals surface area (Å²) in [6, 6.07) is 9.15. The highest BCUT2D eigenvalue weighted by Gasteiger charge is 2.10. The fourth-order valence-corrected chi connectivity index (χ4v) is 1.94. The lowest BCUT2D eigenvalue weighted by atomic mass is 10.1. The van der Waals surface area contributed by atoms with Gasteiger partial charge < -0.3 is 9.84 Å². The summed E-state index contributed by atoms with van der Waals surface area (Å²) >= 11 is 0. The molecule has 2 N–H and O–H groups in total. The Balaban J connectivity index is 2.01. The van der Waals surface area contributed by atoms with Crippen LogP contribution in [0.4, 0.5) is 8.78 Å². The van der Waals surface area contributed by atoms with E-state index in [1.807, 2.05) is 0 Å². The lowest BCUT2D eigenvalue weighted by molar-refractivity contribution is -0.123. The first-order valence-electron chi connectivity index (χ1n) is 7.23. The van der Waals surface area contributed by atoms with Crippen LogP contribution in [0.5, 0.6) is 11.5 Å². The van der Waals surface area contributed by atoms with Gasteiger partial charge in [-0.15, -0.1) is 0 Å². The van der Waals surface area contributed by atoms with E-state index in [4.69, 9.17) is 4.74 Å². The highest BCUT2D eigenvalue weighted by atomic mass is 19.1. The highest BCUT2D eigenvalue weighted by Crippen LogP contribution is 2.20. The maximum absolute atomic E-state index is 13.4. The van der Waals surface area contributed by atoms with Gasteiger partial charge in [-0.05, 0) is 36.8 Å². The van der Waals surface area contributed by atoms with Crippen molar-refractivity contribution in [3.05, 3.63) is 59.7 Å². The van der Waals surface area contributed by atoms with E-state index in [0.717, 1.165) is 12.1 Å². The number of phenols is 1. The molecule has 0 aromatic heterocycles. The number of hydrogen-bond donors (Lipinski definition) is 2. The zero-order valence-corrected chi connectivity index (χ0v) is 12.9. The molecule has 0 saturated heterocycles. The van der Waals surface area contributed by atoms with E-state index in [1.165, 1.54) is 24.3 Å². The summed E-state index contributed by atoms with van der Waals surface area (Å²) in [6.07, 6.45) is 0.353. The van der Waals surface area contributed by atoms with Gasteiger partial charge in [0, 0.05) is 5.56 Å². The van der Waals surface area contributed by atoms with E-state index < -0.39 is 24.1 Å². The SMILES string of the molecule is CCC(=NNC(=O)COc1ccccc1F)c1cc(F)ccc1O. The van der Waals surface area contributed by atoms with Crippen LogP contribution in [0.2, 0.25) is 0 Å². The maximum atomic E-state index is 13.4. The fourth-order valence-electron chi connectivity index (χ4n) is 1.94. The van der Waals surface area contributed by atoms with Crippen LogP contribution < -0.4 is 10.2 Å². The number of nitrogens with zero attached hydrogens (tertiary/aromatic N) is 1. The van der Waals surface area contributed by atoms with E-state index in [9.17, 15) is 18.7 Å². The Labute approximate surface area is 137 Å². The van der Waals surface area contributed by atoms with Crippen LogP contribution in [0.15, 0.2) is 47.6 Å². The van der Waals surface area contributed by atoms with E-state index >= 15 is 0 Å². The summed E-state index contributed by atoms with van der Waals surface area (Å²) in [5.41, 5.74) is 2.72. The second-order valence-corrected chi connectivity index (χ2v) is 4.83. The molecule has 126 valence electrons. The zero-order chi connectivity index (χ0) is 17.5. The molecule has 0 radical (unpaired) electrons. The number of halogens is 2. The molecule has 7 heteroatoms. The van der Waals surface area contributed by atoms with Crippen molar-refractivity contribution in [2.75, 3.05) is 6.61 Å². The minimum atomic E-state index is -0.611. The molecule has 0 spiro atoms. The second-order valence-electron chi connectivity index (χ2n) is 4.83. The molecule has 0 aliphatic heterocycles. The Kier molecular flexibility index (Phi) is 5.83. The van der Waals surface area contributed by atoms with Crippen LogP contribution in [-0.2, 0) is 4.79 Å². The molecular weight excluding hydrogens is 318 g/mol. The van der Waals surface area contributed by atoms with Gasteiger partial charge in [-0.1, -0.05) is 19.1 Å². The summed E-state index contributed by atoms with van der Waals surface area (Å²) in [5.74, 6) is -1.91. The average Bonchev–Trinajstić information content (AvgIpc) is 2.57. The summed E-state index contributed by atoms with van der Waals surface area (Å²) in [4.78, 5) is 11.7. The number of benzene rings is 2. The van der Waals surface area contributed by atoms with E-state index in [1.54, 1.807) is 13.0 Å². The van der Waals surface area contributed by atoms with Crippen molar-refractivity contribution >= 4 is 11.6 Å². The molecule has 1 amide bonds. The number of carbonyl (C=O) groups excluding carboxylic acids is 1. The number of ether oxygens (including phenoxy) is 1. The van der Waals surface area contributed by atoms with Crippen LogP contribution >= 0.6 is 0 Å². The van der Waals surface area contributed by atoms with E-state index in [2.05, 4.69) is 10.5 Å². The summed E-state index contributed by atoms with van der Waals surface area (Å²) < 4.78 is 31.7. The molecule has 0 atom stereocenters. The van der Waals surface area contributed by atoms with Crippen molar-refractivity contribution < 1.29 is 23.4 Å². The first kappa shape index (κ1) is 17.4. The van der Waals surface area contributed by atoms with Gasteiger partial charge in [0.05, 0.1) is 5.71 Å². The number of phenolic OH excluding ortho intramolecular Hbond substituents is 1. The van der Waals surface area contributed by atoms with Crippen molar-refractivity contribution in [3.63, 3.8) is 0 Å². The zero-order valence-electron chi connectivity index (χ0n) is 12.9. The monoisotopic (exact) mass is 334 g/mol. The minimum absolute atomic E-state index is 0.0462. The molecule has 2 aromatic rings. The van der Waals surface area contributed by atoms with Crippen molar-refractivity contribution in [2.24, 2.45) is 5.10 Å². The average molecular weight is 334 g/mol. The Morgan fingerprint density at radius 3 is 2.71 bits per heavy atom. The van der Waals surface area contributed by atoms with Crippen molar-refractivity contribution in [3.8, 4) is 11.5 Å². The Hall–Kier alpha value is -2.96. The van der Waals surface area contributed by atoms with Crippen LogP contribution in [0.3, 0.4) is 0 Å². The maximum Gasteiger partial charge on any atom is 0.277 e. The van der Waals surface area contributed by atoms with Gasteiger partial charge in [0.25, 0.3) is 5.91 Å². The highest BCUT2D eigenvalue weighted by molar-refractivity contribution is 6.03. The Morgan fingerprint density at radius 1 is 1.25 bits per heavy atom. The van der Waals surface area contributed by atoms with Crippen LogP contribution in [-0.4, -0.2) is 23.3 Å². The number of para-hydroxylation sites is 1. The quantitative estimate of drug-likeness (QED) is 0.630. The number of hydrazone groups is 1. The molecule has 24 heavy (non-hydrogen) atoms. The van der Waals surface area contributed by atoms with Gasteiger partial charge >= 0.3 is 0 Å². The third-order valence-electron chi connectivity index (χ3n) is 3.12. The number of aromatic hydroxyl groups is 1. The molecule has 0 heterocycles. The topological polar surface area (TPSA) is 70.9 Å². The molecule has 0 saturated carbocycles. The molecule has 0 bridgehead atoms. The van der Waals surface area contributed by atoms with Crippen LogP contribution in [0, 0.1) is 11.6 Å². The molecule has 0 aliphatic rings. The van der Waals surface area contributed by atoms with Crippen LogP contribution in [0.25, 0.3) is 0 Å². The van der Waals surface area contributed by atoms with Gasteiger partial charge in [0.1, 0.15) is 11.6 Å². The van der Waals surface area contributed by atoms with E-state index in [-0.39, 0.29) is 17.1 Å². The summed E-state index contributed by atoms with van der Waals surface area (Å²) in [6.45, 7) is 1.31. The van der Waals surface area contributed by atoms with Gasteiger partial charge in [-0.2, -0.15) is 5.10 Å². The van der Waals surface area contributed by atoms with Crippen LogP contribution in [0.1, 0.15) is 18.9 Å². The lowest BCUT2D eigenvalue weighted by Gasteiger charge is -2.08. The molecule has 0 fully saturated rings. The van der Waals surface area contributed by atoms with Gasteiger partial charge in [0.2, 0.25) is 0 Å². The molecule has 0 unspecified atom stereocenters. The van der Waals surface area contributed by atoms with Crippen molar-refractivity contribution in [2.45, 2.75) is 13.3 Å². The van der Waals surface area contributed by atoms with Gasteiger partial charge in [0.15, 0.2) is 18.2 Å². The van der Waals surface area contributed by atoms with E-state index in [0.29, 0.717) is 12.1 Å². The first-order chi connectivity index (χ1) is 11.5. The third kappa shape index (κ3) is 4.52. The number of nitrogens with one attached hydrogen (secondary N) is 1. The second kappa shape index (κ2) is 8.05. The smallest absolute Gasteiger partial charge is 0.277 e. The molecule has 0 aliphatic carbocycles. The molecule has 5 nitrogen and oxygen atoms in total. The standard InChI is InChI=1S/C17H16F2N2O3/c1-2-14(12-9-11(18)7-8-15(12)22)20-21-17(23)10-24-16-6-4-3-5-13(16)19/h3-9,22H,2,10H2,1H3,(H,21,23). The molecule has 2 rings (SSSR count). The molecular formula is C17H16F2N2O3. The van der Waals surface area contributed by atoms with Crippen molar-refractivity contribution in [1.82, 2.24) is 5.43 Å². The Morgan fingerprint density at radius 2 is 2.00 bits per heavy atom. The normalized spacial score (nSPS) is 11.2. The first-order valence-corrected chi connectivity index (χ1v) is 7.23. The number of hydrogen-bond acceptors (Lipinski definition) is 4. The minimum Gasteiger partial charge on any atom is -0.507 e. The predicted octanol–water partition coefficient (Wildman–Crippen LogP) is 2.98. The van der Waals surface area contributed by atoms with Gasteiger partial charge in [-0.3, -0.25) is 4.79 Å². The Bertz CT molecular complexity index is 763. The third-order valence-corrected chi connectivity index (χ3v) is 3.12. The predicted molar refractivity (Wildman–Crippen MR) is 84.9 cm³/mol. The van der Waals surface area contributed by atoms with Crippen molar-refractivity contribution in [1.29, 1.82) is 0 Å². The fraction of sp³-hybridized carbons (Fsp3) is 0.176. The number of rotatable bonds is 6.